The molecule has 0 radical (unpaired) electrons. The van der Waals surface area contributed by atoms with Crippen LogP contribution in [0.25, 0.3) is 11.5 Å². The van der Waals surface area contributed by atoms with E-state index >= 15 is 0 Å². The van der Waals surface area contributed by atoms with Gasteiger partial charge in [0.05, 0.1) is 6.54 Å². The van der Waals surface area contributed by atoms with Crippen molar-refractivity contribution < 1.29 is 4.42 Å². The summed E-state index contributed by atoms with van der Waals surface area (Å²) in [5.74, 6) is 1.01. The van der Waals surface area contributed by atoms with Crippen molar-refractivity contribution in [2.75, 3.05) is 43.4 Å². The SMILES string of the molecule is CN1CCN(c2ccc(NCc3nnc(-c4cccc(Cl)c4)o3)cc2)CC1. The van der Waals surface area contributed by atoms with Crippen molar-refractivity contribution in [2.45, 2.75) is 6.54 Å². The second kappa shape index (κ2) is 7.98. The molecule has 140 valence electrons. The number of benzene rings is 2. The topological polar surface area (TPSA) is 57.4 Å². The van der Waals surface area contributed by atoms with Crippen molar-refractivity contribution in [3.05, 3.63) is 59.4 Å². The molecule has 1 aromatic heterocycles. The summed E-state index contributed by atoms with van der Waals surface area (Å²) in [7, 11) is 2.17. The van der Waals surface area contributed by atoms with Crippen LogP contribution in [0.5, 0.6) is 0 Å². The van der Waals surface area contributed by atoms with Crippen molar-refractivity contribution in [3.63, 3.8) is 0 Å². The first-order valence-corrected chi connectivity index (χ1v) is 9.41. The Morgan fingerprint density at radius 1 is 1.04 bits per heavy atom. The van der Waals surface area contributed by atoms with E-state index in [2.05, 4.69) is 56.6 Å². The third-order valence-electron chi connectivity index (χ3n) is 4.72. The summed E-state index contributed by atoms with van der Waals surface area (Å²) >= 11 is 6.01. The van der Waals surface area contributed by atoms with Gasteiger partial charge in [-0.15, -0.1) is 10.2 Å². The summed E-state index contributed by atoms with van der Waals surface area (Å²) in [6.45, 7) is 4.81. The molecule has 0 amide bonds. The fourth-order valence-corrected chi connectivity index (χ4v) is 3.29. The molecule has 1 aliphatic heterocycles. The highest BCUT2D eigenvalue weighted by atomic mass is 35.5. The lowest BCUT2D eigenvalue weighted by Crippen LogP contribution is -2.44. The first-order valence-electron chi connectivity index (χ1n) is 9.03. The number of nitrogens with zero attached hydrogens (tertiary/aromatic N) is 4. The highest BCUT2D eigenvalue weighted by Crippen LogP contribution is 2.22. The van der Waals surface area contributed by atoms with Crippen LogP contribution in [0.3, 0.4) is 0 Å². The second-order valence-corrected chi connectivity index (χ2v) is 7.14. The van der Waals surface area contributed by atoms with Crippen LogP contribution < -0.4 is 10.2 Å². The minimum atomic E-state index is 0.472. The van der Waals surface area contributed by atoms with Gasteiger partial charge in [-0.05, 0) is 49.5 Å². The van der Waals surface area contributed by atoms with E-state index in [4.69, 9.17) is 16.0 Å². The average Bonchev–Trinajstić information content (AvgIpc) is 3.17. The van der Waals surface area contributed by atoms with Crippen LogP contribution in [0.1, 0.15) is 5.89 Å². The highest BCUT2D eigenvalue weighted by Gasteiger charge is 2.14. The summed E-state index contributed by atoms with van der Waals surface area (Å²) in [5.41, 5.74) is 3.10. The largest absolute Gasteiger partial charge is 0.419 e. The summed E-state index contributed by atoms with van der Waals surface area (Å²) in [4.78, 5) is 4.77. The quantitative estimate of drug-likeness (QED) is 0.724. The Kier molecular flexibility index (Phi) is 5.27. The molecular formula is C20H22ClN5O. The van der Waals surface area contributed by atoms with Gasteiger partial charge in [-0.1, -0.05) is 17.7 Å². The zero-order valence-corrected chi connectivity index (χ0v) is 16.0. The molecule has 0 unspecified atom stereocenters. The summed E-state index contributed by atoms with van der Waals surface area (Å²) in [6, 6.07) is 15.9. The Morgan fingerprint density at radius 2 is 1.81 bits per heavy atom. The van der Waals surface area contributed by atoms with E-state index in [0.29, 0.717) is 23.3 Å². The molecule has 3 aromatic rings. The molecule has 2 aromatic carbocycles. The predicted molar refractivity (Wildman–Crippen MR) is 108 cm³/mol. The first kappa shape index (κ1) is 17.8. The van der Waals surface area contributed by atoms with Gasteiger partial charge in [0.1, 0.15) is 0 Å². The first-order chi connectivity index (χ1) is 13.2. The Balaban J connectivity index is 1.35. The molecule has 2 heterocycles. The Morgan fingerprint density at radius 3 is 2.56 bits per heavy atom. The monoisotopic (exact) mass is 383 g/mol. The predicted octanol–water partition coefficient (Wildman–Crippen LogP) is 3.75. The van der Waals surface area contributed by atoms with E-state index in [0.717, 1.165) is 37.4 Å². The summed E-state index contributed by atoms with van der Waals surface area (Å²) in [5, 5.41) is 12.2. The lowest BCUT2D eigenvalue weighted by molar-refractivity contribution is 0.313. The van der Waals surface area contributed by atoms with Crippen LogP contribution in [0, 0.1) is 0 Å². The molecule has 1 aliphatic rings. The van der Waals surface area contributed by atoms with Gasteiger partial charge in [0, 0.05) is 48.1 Å². The fourth-order valence-electron chi connectivity index (χ4n) is 3.10. The van der Waals surface area contributed by atoms with Gasteiger partial charge >= 0.3 is 0 Å². The van der Waals surface area contributed by atoms with Crippen LogP contribution in [0.2, 0.25) is 5.02 Å². The smallest absolute Gasteiger partial charge is 0.247 e. The highest BCUT2D eigenvalue weighted by molar-refractivity contribution is 6.30. The molecule has 0 bridgehead atoms. The number of hydrogen-bond donors (Lipinski definition) is 1. The number of halogens is 1. The molecule has 0 atom stereocenters. The number of nitrogens with one attached hydrogen (secondary N) is 1. The van der Waals surface area contributed by atoms with Crippen LogP contribution in [0.15, 0.2) is 52.9 Å². The van der Waals surface area contributed by atoms with Crippen LogP contribution in [-0.2, 0) is 6.54 Å². The van der Waals surface area contributed by atoms with Gasteiger partial charge in [0.15, 0.2) is 0 Å². The number of hydrogen-bond acceptors (Lipinski definition) is 6. The summed E-state index contributed by atoms with van der Waals surface area (Å²) < 4.78 is 5.72. The Hall–Kier alpha value is -2.57. The molecule has 1 N–H and O–H groups in total. The minimum Gasteiger partial charge on any atom is -0.419 e. The molecule has 4 rings (SSSR count). The lowest BCUT2D eigenvalue weighted by atomic mass is 10.2. The Bertz CT molecular complexity index is 887. The standard InChI is InChI=1S/C20H22ClN5O/c1-25-9-11-26(12-10-25)18-7-5-17(6-8-18)22-14-19-23-24-20(27-19)15-3-2-4-16(21)13-15/h2-8,13,22H,9-12,14H2,1H3. The van der Waals surface area contributed by atoms with Crippen LogP contribution >= 0.6 is 11.6 Å². The number of anilines is 2. The fraction of sp³-hybridized carbons (Fsp3) is 0.300. The third kappa shape index (κ3) is 4.40. The van der Waals surface area contributed by atoms with Crippen LogP contribution in [0.4, 0.5) is 11.4 Å². The average molecular weight is 384 g/mol. The summed E-state index contributed by atoms with van der Waals surface area (Å²) in [6.07, 6.45) is 0. The number of piperazine rings is 1. The lowest BCUT2D eigenvalue weighted by Gasteiger charge is -2.34. The molecule has 7 heteroatoms. The maximum Gasteiger partial charge on any atom is 0.247 e. The van der Waals surface area contributed by atoms with E-state index in [-0.39, 0.29) is 0 Å². The number of likely N-dealkylation sites (N-methyl/N-ethyl adjacent to an activating group) is 1. The van der Waals surface area contributed by atoms with E-state index in [1.165, 1.54) is 5.69 Å². The number of aromatic nitrogens is 2. The third-order valence-corrected chi connectivity index (χ3v) is 4.95. The van der Waals surface area contributed by atoms with E-state index in [9.17, 15) is 0 Å². The minimum absolute atomic E-state index is 0.472. The van der Waals surface area contributed by atoms with Gasteiger partial charge in [-0.3, -0.25) is 0 Å². The molecule has 0 saturated carbocycles. The molecule has 0 spiro atoms. The van der Waals surface area contributed by atoms with Crippen molar-refractivity contribution in [3.8, 4) is 11.5 Å². The van der Waals surface area contributed by atoms with Crippen molar-refractivity contribution in [1.82, 2.24) is 15.1 Å². The number of rotatable bonds is 5. The maximum absolute atomic E-state index is 6.01. The van der Waals surface area contributed by atoms with Crippen LogP contribution in [-0.4, -0.2) is 48.3 Å². The van der Waals surface area contributed by atoms with Crippen molar-refractivity contribution in [1.29, 1.82) is 0 Å². The second-order valence-electron chi connectivity index (χ2n) is 6.70. The van der Waals surface area contributed by atoms with E-state index < -0.39 is 0 Å². The normalized spacial score (nSPS) is 15.1. The maximum atomic E-state index is 6.01. The molecular weight excluding hydrogens is 362 g/mol. The van der Waals surface area contributed by atoms with Crippen molar-refractivity contribution >= 4 is 23.0 Å². The van der Waals surface area contributed by atoms with Gasteiger partial charge in [-0.25, -0.2) is 0 Å². The zero-order valence-electron chi connectivity index (χ0n) is 15.2. The van der Waals surface area contributed by atoms with Crippen molar-refractivity contribution in [2.24, 2.45) is 0 Å². The molecule has 6 nitrogen and oxygen atoms in total. The molecule has 0 aliphatic carbocycles. The van der Waals surface area contributed by atoms with E-state index in [1.54, 1.807) is 0 Å². The Labute approximate surface area is 163 Å². The molecule has 1 saturated heterocycles. The molecule has 1 fully saturated rings. The van der Waals surface area contributed by atoms with Gasteiger partial charge in [-0.2, -0.15) is 0 Å². The van der Waals surface area contributed by atoms with Gasteiger partial charge in [0.2, 0.25) is 11.8 Å². The van der Waals surface area contributed by atoms with Gasteiger partial charge < -0.3 is 19.5 Å². The van der Waals surface area contributed by atoms with Gasteiger partial charge in [0.25, 0.3) is 0 Å². The zero-order chi connectivity index (χ0) is 18.6. The van der Waals surface area contributed by atoms with E-state index in [1.807, 2.05) is 24.3 Å². The molecule has 27 heavy (non-hydrogen) atoms.